The second-order valence-electron chi connectivity index (χ2n) is 3.61. The van der Waals surface area contributed by atoms with Gasteiger partial charge in [0, 0.05) is 13.1 Å². The Kier molecular flexibility index (Phi) is 4.14. The number of hydrogen-bond acceptors (Lipinski definition) is 4. The number of rotatable bonds is 4. The van der Waals surface area contributed by atoms with Gasteiger partial charge in [-0.25, -0.2) is 4.79 Å². The van der Waals surface area contributed by atoms with Crippen LogP contribution in [0.2, 0.25) is 0 Å². The van der Waals surface area contributed by atoms with Crippen LogP contribution < -0.4 is 5.73 Å². The second-order valence-corrected chi connectivity index (χ2v) is 3.61. The van der Waals surface area contributed by atoms with Crippen molar-refractivity contribution in [1.82, 2.24) is 4.90 Å². The van der Waals surface area contributed by atoms with E-state index in [0.717, 1.165) is 12.8 Å². The molecular weight excluding hydrogens is 202 g/mol. The van der Waals surface area contributed by atoms with Gasteiger partial charge in [-0.3, -0.25) is 0 Å². The van der Waals surface area contributed by atoms with Crippen molar-refractivity contribution < 1.29 is 14.7 Å². The van der Waals surface area contributed by atoms with E-state index in [1.807, 2.05) is 0 Å². The first-order valence-electron chi connectivity index (χ1n) is 4.91. The molecule has 0 aliphatic carbocycles. The maximum absolute atomic E-state index is 10.8. The third-order valence-electron chi connectivity index (χ3n) is 2.65. The lowest BCUT2D eigenvalue weighted by Crippen LogP contribution is -2.41. The van der Waals surface area contributed by atoms with E-state index in [4.69, 9.17) is 5.73 Å². The Hall–Kier alpha value is -1.53. The van der Waals surface area contributed by atoms with E-state index in [1.54, 1.807) is 4.90 Å². The summed E-state index contributed by atoms with van der Waals surface area (Å²) in [5, 5.41) is 9.12. The summed E-state index contributed by atoms with van der Waals surface area (Å²) in [6.45, 7) is 1.41. The number of hydrogen-bond donors (Lipinski definition) is 1. The fourth-order valence-electron chi connectivity index (χ4n) is 1.74. The molecule has 7 heteroatoms. The molecule has 7 nitrogen and oxygen atoms in total. The minimum absolute atomic E-state index is 0.133. The largest absolute Gasteiger partial charge is 0.351 e. The Labute approximate surface area is 87.3 Å². The molecule has 1 aliphatic rings. The van der Waals surface area contributed by atoms with Gasteiger partial charge in [-0.2, -0.15) is 0 Å². The molecule has 2 amide bonds. The van der Waals surface area contributed by atoms with Crippen LogP contribution in [0, 0.1) is 16.0 Å². The fraction of sp³-hybridized carbons (Fsp3) is 0.875. The Morgan fingerprint density at radius 1 is 1.53 bits per heavy atom. The molecule has 1 aliphatic heterocycles. The molecule has 86 valence electrons. The predicted octanol–water partition coefficient (Wildman–Crippen LogP) is 0.375. The standard InChI is InChI=1S/C8H15N3O4/c9-8(12)10-4-1-7(2-5-10)3-6-15-11(13)14/h7H,1-6H2,(H2,9,12). The number of primary amides is 1. The highest BCUT2D eigenvalue weighted by molar-refractivity contribution is 5.72. The molecule has 0 atom stereocenters. The number of piperidine rings is 1. The normalized spacial score (nSPS) is 17.5. The fourth-order valence-corrected chi connectivity index (χ4v) is 1.74. The lowest BCUT2D eigenvalue weighted by molar-refractivity contribution is -0.758. The van der Waals surface area contributed by atoms with Crippen LogP contribution in [0.1, 0.15) is 19.3 Å². The topological polar surface area (TPSA) is 98.7 Å². The number of likely N-dealkylation sites (tertiary alicyclic amines) is 1. The number of nitrogens with zero attached hydrogens (tertiary/aromatic N) is 2. The van der Waals surface area contributed by atoms with Crippen molar-refractivity contribution in [3.05, 3.63) is 10.1 Å². The molecule has 1 fully saturated rings. The van der Waals surface area contributed by atoms with Crippen LogP contribution in [0.15, 0.2) is 0 Å². The maximum Gasteiger partial charge on any atom is 0.314 e. The van der Waals surface area contributed by atoms with Gasteiger partial charge in [0.15, 0.2) is 0 Å². The summed E-state index contributed by atoms with van der Waals surface area (Å²) in [5.74, 6) is 0.389. The summed E-state index contributed by atoms with van der Waals surface area (Å²) in [6.07, 6.45) is 2.33. The first kappa shape index (κ1) is 11.5. The molecule has 0 unspecified atom stereocenters. The summed E-state index contributed by atoms with van der Waals surface area (Å²) < 4.78 is 0. The van der Waals surface area contributed by atoms with Crippen LogP contribution in [-0.2, 0) is 4.84 Å². The zero-order valence-corrected chi connectivity index (χ0v) is 8.42. The molecule has 0 aromatic carbocycles. The van der Waals surface area contributed by atoms with Gasteiger partial charge in [0.1, 0.15) is 0 Å². The summed E-state index contributed by atoms with van der Waals surface area (Å²) in [7, 11) is 0. The monoisotopic (exact) mass is 217 g/mol. The summed E-state index contributed by atoms with van der Waals surface area (Å²) >= 11 is 0. The Morgan fingerprint density at radius 3 is 2.60 bits per heavy atom. The molecule has 0 aromatic rings. The molecule has 0 radical (unpaired) electrons. The molecule has 0 spiro atoms. The average Bonchev–Trinajstić information content (AvgIpc) is 2.18. The van der Waals surface area contributed by atoms with Crippen LogP contribution in [-0.4, -0.2) is 35.7 Å². The maximum atomic E-state index is 10.8. The van der Waals surface area contributed by atoms with E-state index in [2.05, 4.69) is 4.84 Å². The van der Waals surface area contributed by atoms with E-state index < -0.39 is 11.1 Å². The first-order valence-corrected chi connectivity index (χ1v) is 4.91. The van der Waals surface area contributed by atoms with Crippen molar-refractivity contribution >= 4 is 6.03 Å². The quantitative estimate of drug-likeness (QED) is 0.543. The van der Waals surface area contributed by atoms with Crippen molar-refractivity contribution in [2.75, 3.05) is 19.7 Å². The third-order valence-corrected chi connectivity index (χ3v) is 2.65. The molecule has 0 bridgehead atoms. The van der Waals surface area contributed by atoms with Crippen LogP contribution in [0.4, 0.5) is 4.79 Å². The highest BCUT2D eigenvalue weighted by atomic mass is 16.9. The molecule has 1 heterocycles. The lowest BCUT2D eigenvalue weighted by Gasteiger charge is -2.30. The predicted molar refractivity (Wildman–Crippen MR) is 51.4 cm³/mol. The van der Waals surface area contributed by atoms with Crippen molar-refractivity contribution in [2.24, 2.45) is 11.7 Å². The van der Waals surface area contributed by atoms with Crippen molar-refractivity contribution in [2.45, 2.75) is 19.3 Å². The number of amides is 2. The van der Waals surface area contributed by atoms with Crippen molar-refractivity contribution in [1.29, 1.82) is 0 Å². The van der Waals surface area contributed by atoms with E-state index in [9.17, 15) is 14.9 Å². The van der Waals surface area contributed by atoms with Crippen LogP contribution >= 0.6 is 0 Å². The highest BCUT2D eigenvalue weighted by Crippen LogP contribution is 2.20. The van der Waals surface area contributed by atoms with Gasteiger partial charge in [-0.15, -0.1) is 10.1 Å². The SMILES string of the molecule is NC(=O)N1CCC(CCO[N+](=O)[O-])CC1. The number of nitrogens with two attached hydrogens (primary N) is 1. The van der Waals surface area contributed by atoms with Gasteiger partial charge < -0.3 is 15.5 Å². The Balaban J connectivity index is 2.14. The van der Waals surface area contributed by atoms with E-state index in [0.29, 0.717) is 25.4 Å². The van der Waals surface area contributed by atoms with Crippen molar-refractivity contribution in [3.8, 4) is 0 Å². The van der Waals surface area contributed by atoms with Gasteiger partial charge in [0.25, 0.3) is 5.09 Å². The molecule has 0 aromatic heterocycles. The van der Waals surface area contributed by atoms with Crippen LogP contribution in [0.5, 0.6) is 0 Å². The summed E-state index contributed by atoms with van der Waals surface area (Å²) in [6, 6.07) is -0.394. The zero-order valence-electron chi connectivity index (χ0n) is 8.42. The minimum Gasteiger partial charge on any atom is -0.351 e. The molecule has 0 saturated carbocycles. The second kappa shape index (κ2) is 5.38. The number of carbonyl (C=O) groups is 1. The molecule has 1 saturated heterocycles. The Bertz CT molecular complexity index is 235. The minimum atomic E-state index is -0.779. The van der Waals surface area contributed by atoms with Gasteiger partial charge in [0.2, 0.25) is 0 Å². The van der Waals surface area contributed by atoms with E-state index in [1.165, 1.54) is 0 Å². The van der Waals surface area contributed by atoms with Gasteiger partial charge >= 0.3 is 6.03 Å². The van der Waals surface area contributed by atoms with Gasteiger partial charge in [-0.05, 0) is 25.2 Å². The Morgan fingerprint density at radius 2 is 2.13 bits per heavy atom. The molecular formula is C8H15N3O4. The molecule has 2 N–H and O–H groups in total. The lowest BCUT2D eigenvalue weighted by atomic mass is 9.94. The van der Waals surface area contributed by atoms with Crippen LogP contribution in [0.3, 0.4) is 0 Å². The summed E-state index contributed by atoms with van der Waals surface area (Å²) in [4.78, 5) is 26.5. The summed E-state index contributed by atoms with van der Waals surface area (Å²) in [5.41, 5.74) is 5.13. The van der Waals surface area contributed by atoms with Crippen LogP contribution in [0.25, 0.3) is 0 Å². The van der Waals surface area contributed by atoms with Gasteiger partial charge in [0.05, 0.1) is 6.61 Å². The number of urea groups is 1. The molecule has 1 rings (SSSR count). The highest BCUT2D eigenvalue weighted by Gasteiger charge is 2.20. The van der Waals surface area contributed by atoms with Gasteiger partial charge in [-0.1, -0.05) is 0 Å². The average molecular weight is 217 g/mol. The van der Waals surface area contributed by atoms with E-state index >= 15 is 0 Å². The number of carbonyl (C=O) groups excluding carboxylic acids is 1. The molecule has 15 heavy (non-hydrogen) atoms. The smallest absolute Gasteiger partial charge is 0.314 e. The third kappa shape index (κ3) is 4.01. The zero-order chi connectivity index (χ0) is 11.3. The van der Waals surface area contributed by atoms with Crippen molar-refractivity contribution in [3.63, 3.8) is 0 Å². The van der Waals surface area contributed by atoms with E-state index in [-0.39, 0.29) is 6.61 Å². The first-order chi connectivity index (χ1) is 7.09.